The fourth-order valence-corrected chi connectivity index (χ4v) is 2.99. The molecule has 0 aliphatic heterocycles. The van der Waals surface area contributed by atoms with Gasteiger partial charge in [0.05, 0.1) is 19.0 Å². The van der Waals surface area contributed by atoms with E-state index in [1.165, 1.54) is 0 Å². The number of hydrogen-bond donors (Lipinski definition) is 1. The van der Waals surface area contributed by atoms with Gasteiger partial charge in [0.2, 0.25) is 0 Å². The van der Waals surface area contributed by atoms with E-state index in [4.69, 9.17) is 4.74 Å². The first-order chi connectivity index (χ1) is 8.89. The highest BCUT2D eigenvalue weighted by molar-refractivity contribution is 9.10. The summed E-state index contributed by atoms with van der Waals surface area (Å²) < 4.78 is 28.8. The molecule has 0 bridgehead atoms. The van der Waals surface area contributed by atoms with Gasteiger partial charge in [-0.25, -0.2) is 8.42 Å². The van der Waals surface area contributed by atoms with Gasteiger partial charge in [-0.1, -0.05) is 28.9 Å². The molecule has 1 N–H and O–H groups in total. The number of rotatable bonds is 7. The summed E-state index contributed by atoms with van der Waals surface area (Å²) in [5.74, 6) is 0.852. The van der Waals surface area contributed by atoms with Gasteiger partial charge in [0.25, 0.3) is 0 Å². The molecule has 1 aromatic carbocycles. The van der Waals surface area contributed by atoms with Gasteiger partial charge >= 0.3 is 0 Å². The molecule has 4 nitrogen and oxygen atoms in total. The van der Waals surface area contributed by atoms with Crippen molar-refractivity contribution >= 4 is 25.8 Å². The summed E-state index contributed by atoms with van der Waals surface area (Å²) in [5.41, 5.74) is 0.680. The lowest BCUT2D eigenvalue weighted by Gasteiger charge is -2.15. The van der Waals surface area contributed by atoms with Crippen molar-refractivity contribution < 1.29 is 18.3 Å². The van der Waals surface area contributed by atoms with Crippen molar-refractivity contribution in [3.05, 3.63) is 28.2 Å². The van der Waals surface area contributed by atoms with Gasteiger partial charge in [0.1, 0.15) is 15.6 Å². The standard InChI is InChI=1S/C13H19BrO4S/c1-3-19(16,17)8-4-5-12(15)11-7-6-10(14)9-13(11)18-2/h6-7,9,12,15H,3-5,8H2,1-2H3. The molecule has 0 fully saturated rings. The van der Waals surface area contributed by atoms with Crippen LogP contribution in [0.5, 0.6) is 5.75 Å². The first kappa shape index (κ1) is 16.5. The van der Waals surface area contributed by atoms with Crippen LogP contribution >= 0.6 is 15.9 Å². The average molecular weight is 351 g/mol. The molecule has 108 valence electrons. The Hall–Kier alpha value is -0.590. The smallest absolute Gasteiger partial charge is 0.150 e. The largest absolute Gasteiger partial charge is 0.496 e. The van der Waals surface area contributed by atoms with E-state index >= 15 is 0 Å². The minimum Gasteiger partial charge on any atom is -0.496 e. The van der Waals surface area contributed by atoms with Crippen LogP contribution in [0.4, 0.5) is 0 Å². The van der Waals surface area contributed by atoms with E-state index in [-0.39, 0.29) is 11.5 Å². The van der Waals surface area contributed by atoms with Crippen molar-refractivity contribution in [3.63, 3.8) is 0 Å². The van der Waals surface area contributed by atoms with Crippen molar-refractivity contribution in [3.8, 4) is 5.75 Å². The fourth-order valence-electron chi connectivity index (χ4n) is 1.76. The molecule has 1 rings (SSSR count). The van der Waals surface area contributed by atoms with Crippen LogP contribution in [-0.2, 0) is 9.84 Å². The monoisotopic (exact) mass is 350 g/mol. The van der Waals surface area contributed by atoms with Gasteiger partial charge in [-0.15, -0.1) is 0 Å². The third kappa shape index (κ3) is 5.12. The first-order valence-corrected chi connectivity index (χ1v) is 8.73. The van der Waals surface area contributed by atoms with Crippen LogP contribution in [-0.4, -0.2) is 32.1 Å². The van der Waals surface area contributed by atoms with E-state index < -0.39 is 15.9 Å². The Kier molecular flexibility index (Phi) is 6.29. The molecule has 0 aromatic heterocycles. The minimum atomic E-state index is -2.97. The van der Waals surface area contributed by atoms with Crippen molar-refractivity contribution in [2.45, 2.75) is 25.9 Å². The minimum absolute atomic E-state index is 0.111. The molecule has 0 radical (unpaired) electrons. The predicted molar refractivity (Wildman–Crippen MR) is 79.2 cm³/mol. The number of sulfone groups is 1. The first-order valence-electron chi connectivity index (χ1n) is 6.11. The summed E-state index contributed by atoms with van der Waals surface area (Å²) in [4.78, 5) is 0. The zero-order valence-electron chi connectivity index (χ0n) is 11.1. The SMILES string of the molecule is CCS(=O)(=O)CCCC(O)c1ccc(Br)cc1OC. The van der Waals surface area contributed by atoms with Gasteiger partial charge in [-0.05, 0) is 25.0 Å². The van der Waals surface area contributed by atoms with Gasteiger partial charge in [-0.3, -0.25) is 0 Å². The number of hydrogen-bond acceptors (Lipinski definition) is 4. The Morgan fingerprint density at radius 2 is 2.11 bits per heavy atom. The van der Waals surface area contributed by atoms with E-state index in [9.17, 15) is 13.5 Å². The number of methoxy groups -OCH3 is 1. The Morgan fingerprint density at radius 1 is 1.42 bits per heavy atom. The van der Waals surface area contributed by atoms with E-state index in [0.29, 0.717) is 24.2 Å². The highest BCUT2D eigenvalue weighted by Gasteiger charge is 2.15. The molecule has 0 heterocycles. The van der Waals surface area contributed by atoms with E-state index in [1.54, 1.807) is 26.2 Å². The number of aliphatic hydroxyl groups excluding tert-OH is 1. The lowest BCUT2D eigenvalue weighted by Crippen LogP contribution is -2.10. The quantitative estimate of drug-likeness (QED) is 0.820. The molecule has 0 saturated heterocycles. The van der Waals surface area contributed by atoms with Crippen LogP contribution in [0.1, 0.15) is 31.4 Å². The number of halogens is 1. The average Bonchev–Trinajstić information content (AvgIpc) is 2.38. The molecule has 0 saturated carbocycles. The zero-order chi connectivity index (χ0) is 14.5. The van der Waals surface area contributed by atoms with Crippen LogP contribution in [0.15, 0.2) is 22.7 Å². The highest BCUT2D eigenvalue weighted by atomic mass is 79.9. The van der Waals surface area contributed by atoms with Gasteiger partial charge in [0, 0.05) is 15.8 Å². The zero-order valence-corrected chi connectivity index (χ0v) is 13.5. The third-order valence-corrected chi connectivity index (χ3v) is 5.21. The predicted octanol–water partition coefficient (Wildman–Crippen LogP) is 2.71. The van der Waals surface area contributed by atoms with Crippen LogP contribution in [0.3, 0.4) is 0 Å². The maximum absolute atomic E-state index is 11.4. The summed E-state index contributed by atoms with van der Waals surface area (Å²) in [6, 6.07) is 5.38. The maximum atomic E-state index is 11.4. The molecule has 1 atom stereocenters. The molecule has 0 spiro atoms. The topological polar surface area (TPSA) is 63.6 Å². The van der Waals surface area contributed by atoms with Gasteiger partial charge in [0.15, 0.2) is 0 Å². The summed E-state index contributed by atoms with van der Waals surface area (Å²) in [7, 11) is -1.43. The molecular weight excluding hydrogens is 332 g/mol. The molecule has 6 heteroatoms. The third-order valence-electron chi connectivity index (χ3n) is 2.93. The number of aliphatic hydroxyl groups is 1. The number of ether oxygens (including phenoxy) is 1. The van der Waals surface area contributed by atoms with Crippen molar-refractivity contribution in [1.82, 2.24) is 0 Å². The molecule has 0 aliphatic rings. The molecule has 0 aliphatic carbocycles. The Balaban J connectivity index is 2.66. The molecule has 1 aromatic rings. The van der Waals surface area contributed by atoms with Crippen molar-refractivity contribution in [2.75, 3.05) is 18.6 Å². The second-order valence-electron chi connectivity index (χ2n) is 4.28. The highest BCUT2D eigenvalue weighted by Crippen LogP contribution is 2.30. The second kappa shape index (κ2) is 7.26. The van der Waals surface area contributed by atoms with Crippen LogP contribution < -0.4 is 4.74 Å². The van der Waals surface area contributed by atoms with E-state index in [1.807, 2.05) is 6.07 Å². The fraction of sp³-hybridized carbons (Fsp3) is 0.538. The molecule has 19 heavy (non-hydrogen) atoms. The Labute approximate surface area is 122 Å². The summed E-state index contributed by atoms with van der Waals surface area (Å²) in [5, 5.41) is 10.1. The van der Waals surface area contributed by atoms with Crippen LogP contribution in [0.2, 0.25) is 0 Å². The van der Waals surface area contributed by atoms with Gasteiger partial charge in [-0.2, -0.15) is 0 Å². The Morgan fingerprint density at radius 3 is 2.68 bits per heavy atom. The van der Waals surface area contributed by atoms with Crippen LogP contribution in [0.25, 0.3) is 0 Å². The lowest BCUT2D eigenvalue weighted by molar-refractivity contribution is 0.162. The van der Waals surface area contributed by atoms with Crippen molar-refractivity contribution in [1.29, 1.82) is 0 Å². The van der Waals surface area contributed by atoms with Crippen LogP contribution in [0, 0.1) is 0 Å². The second-order valence-corrected chi connectivity index (χ2v) is 7.67. The lowest BCUT2D eigenvalue weighted by atomic mass is 10.0. The molecular formula is C13H19BrO4S. The summed E-state index contributed by atoms with van der Waals surface area (Å²) >= 11 is 3.33. The number of benzene rings is 1. The van der Waals surface area contributed by atoms with E-state index in [2.05, 4.69) is 15.9 Å². The summed E-state index contributed by atoms with van der Waals surface area (Å²) in [6.07, 6.45) is 0.128. The molecule has 0 amide bonds. The van der Waals surface area contributed by atoms with E-state index in [0.717, 1.165) is 4.47 Å². The van der Waals surface area contributed by atoms with Gasteiger partial charge < -0.3 is 9.84 Å². The normalized spacial score (nSPS) is 13.3. The summed E-state index contributed by atoms with van der Waals surface area (Å²) in [6.45, 7) is 1.63. The van der Waals surface area contributed by atoms with Crippen molar-refractivity contribution in [2.24, 2.45) is 0 Å². The molecule has 1 unspecified atom stereocenters. The Bertz CT molecular complexity index is 513. The maximum Gasteiger partial charge on any atom is 0.150 e.